The van der Waals surface area contributed by atoms with Gasteiger partial charge in [0.2, 0.25) is 11.8 Å². The second-order valence-electron chi connectivity index (χ2n) is 10.0. The number of alkyl halides is 1. The van der Waals surface area contributed by atoms with E-state index in [1.54, 1.807) is 6.07 Å². The van der Waals surface area contributed by atoms with Crippen LogP contribution in [0.15, 0.2) is 42.6 Å². The van der Waals surface area contributed by atoms with E-state index in [1.807, 2.05) is 0 Å². The molecule has 15 heteroatoms. The average Bonchev–Trinajstić information content (AvgIpc) is 3.72. The molecule has 1 aliphatic rings. The molecule has 5 rings (SSSR count). The summed E-state index contributed by atoms with van der Waals surface area (Å²) in [6.45, 7) is 0.564. The Kier molecular flexibility index (Phi) is 8.76. The molecule has 12 nitrogen and oxygen atoms in total. The van der Waals surface area contributed by atoms with Gasteiger partial charge in [-0.3, -0.25) is 19.2 Å². The lowest BCUT2D eigenvalue weighted by atomic mass is 10.1. The quantitative estimate of drug-likeness (QED) is 0.157. The summed E-state index contributed by atoms with van der Waals surface area (Å²) >= 11 is 5.80. The van der Waals surface area contributed by atoms with Gasteiger partial charge in [0, 0.05) is 48.2 Å². The number of amides is 2. The normalized spacial score (nSPS) is 16.4. The fraction of sp³-hybridized carbons (Fsp3) is 0.321. The van der Waals surface area contributed by atoms with Crippen molar-refractivity contribution in [2.45, 2.75) is 51.5 Å². The number of hydrogen-bond acceptors (Lipinski definition) is 8. The smallest absolute Gasteiger partial charge is 0.311 e. The Labute approximate surface area is 248 Å². The number of rotatable bonds is 10. The van der Waals surface area contributed by atoms with E-state index < -0.39 is 35.8 Å². The molecule has 0 spiro atoms. The maximum absolute atomic E-state index is 14.5. The fourth-order valence-electron chi connectivity index (χ4n) is 4.96. The fourth-order valence-corrected chi connectivity index (χ4v) is 5.16. The second-order valence-corrected chi connectivity index (χ2v) is 10.4. The molecule has 43 heavy (non-hydrogen) atoms. The number of halogens is 3. The van der Waals surface area contributed by atoms with Crippen molar-refractivity contribution in [1.29, 1.82) is 0 Å². The van der Waals surface area contributed by atoms with Gasteiger partial charge in [0.1, 0.15) is 30.3 Å². The number of carbonyl (C=O) groups excluding carboxylic acids is 4. The van der Waals surface area contributed by atoms with E-state index in [1.165, 1.54) is 48.0 Å². The van der Waals surface area contributed by atoms with Crippen LogP contribution in [0, 0.1) is 5.82 Å². The number of tetrazole rings is 1. The lowest BCUT2D eigenvalue weighted by Gasteiger charge is -2.24. The summed E-state index contributed by atoms with van der Waals surface area (Å²) in [5.41, 5.74) is 0.909. The summed E-state index contributed by atoms with van der Waals surface area (Å²) in [7, 11) is 0. The minimum Gasteiger partial charge on any atom is -0.426 e. The first-order valence-corrected chi connectivity index (χ1v) is 13.7. The standard InChI is InChI=1S/C28H26ClF2N7O5/c1-15(39)20-13-37(22-10-18(5-6-19(20)22)43-26(41)8-7-24-33-35-36-34-24)14-25(40)38-12-17(30)9-23(38)28(42)32-11-16-3-2-4-21(29)27(16)31/h2-6,10,13,17,23H,7-9,11-12,14H2,1H3,(H,32,42)(H,33,34,35,36)/t17-,23+/m1/s1. The van der Waals surface area contributed by atoms with Gasteiger partial charge < -0.3 is 19.5 Å². The predicted octanol–water partition coefficient (Wildman–Crippen LogP) is 2.94. The first-order valence-electron chi connectivity index (χ1n) is 13.3. The third-order valence-electron chi connectivity index (χ3n) is 7.07. The van der Waals surface area contributed by atoms with Crippen LogP contribution in [0.25, 0.3) is 10.9 Å². The zero-order valence-corrected chi connectivity index (χ0v) is 23.6. The van der Waals surface area contributed by atoms with Crippen molar-refractivity contribution in [3.8, 4) is 5.75 Å². The Balaban J connectivity index is 1.31. The molecule has 1 aliphatic heterocycles. The maximum atomic E-state index is 14.5. The van der Waals surface area contributed by atoms with E-state index in [9.17, 15) is 28.0 Å². The van der Waals surface area contributed by atoms with Crippen LogP contribution in [0.1, 0.15) is 41.5 Å². The minimum absolute atomic E-state index is 0.0114. The number of ketones is 1. The van der Waals surface area contributed by atoms with E-state index in [-0.39, 0.29) is 61.0 Å². The van der Waals surface area contributed by atoms with Gasteiger partial charge in [0.25, 0.3) is 0 Å². The van der Waals surface area contributed by atoms with Gasteiger partial charge in [0.15, 0.2) is 11.6 Å². The van der Waals surface area contributed by atoms with Crippen molar-refractivity contribution < 1.29 is 32.7 Å². The number of esters is 1. The number of likely N-dealkylation sites (tertiary alicyclic amines) is 1. The Morgan fingerprint density at radius 1 is 1.21 bits per heavy atom. The third kappa shape index (κ3) is 6.69. The number of benzene rings is 2. The van der Waals surface area contributed by atoms with Gasteiger partial charge >= 0.3 is 5.97 Å². The number of hydrogen-bond donors (Lipinski definition) is 2. The Morgan fingerprint density at radius 2 is 2.02 bits per heavy atom. The van der Waals surface area contributed by atoms with Crippen LogP contribution < -0.4 is 10.1 Å². The lowest BCUT2D eigenvalue weighted by molar-refractivity contribution is -0.139. The highest BCUT2D eigenvalue weighted by Gasteiger charge is 2.39. The first-order chi connectivity index (χ1) is 20.6. The van der Waals surface area contributed by atoms with E-state index in [2.05, 4.69) is 25.9 Å². The number of carbonyl (C=O) groups is 4. The number of nitrogens with zero attached hydrogens (tertiary/aromatic N) is 5. The Morgan fingerprint density at radius 3 is 2.77 bits per heavy atom. The Hall–Kier alpha value is -4.72. The topological polar surface area (TPSA) is 152 Å². The van der Waals surface area contributed by atoms with E-state index in [4.69, 9.17) is 16.3 Å². The Bertz CT molecular complexity index is 1690. The van der Waals surface area contributed by atoms with Crippen LogP contribution >= 0.6 is 11.6 Å². The first kappa shape index (κ1) is 29.8. The molecule has 0 unspecified atom stereocenters. The van der Waals surface area contributed by atoms with E-state index >= 15 is 0 Å². The van der Waals surface area contributed by atoms with Gasteiger partial charge in [-0.1, -0.05) is 28.9 Å². The molecule has 2 aromatic carbocycles. The molecule has 0 aliphatic carbocycles. The summed E-state index contributed by atoms with van der Waals surface area (Å²) in [6, 6.07) is 7.91. The molecule has 4 aromatic rings. The van der Waals surface area contributed by atoms with Crippen molar-refractivity contribution in [1.82, 2.24) is 35.4 Å². The number of aromatic amines is 1. The highest BCUT2D eigenvalue weighted by Crippen LogP contribution is 2.28. The molecule has 224 valence electrons. The maximum Gasteiger partial charge on any atom is 0.311 e. The summed E-state index contributed by atoms with van der Waals surface area (Å²) in [4.78, 5) is 52.2. The molecule has 2 atom stereocenters. The molecule has 2 aromatic heterocycles. The molecule has 3 heterocycles. The van der Waals surface area contributed by atoms with Crippen LogP contribution in [0.2, 0.25) is 5.02 Å². The van der Waals surface area contributed by atoms with Gasteiger partial charge in [-0.15, -0.1) is 10.2 Å². The van der Waals surface area contributed by atoms with E-state index in [0.29, 0.717) is 22.3 Å². The van der Waals surface area contributed by atoms with Gasteiger partial charge in [0.05, 0.1) is 23.5 Å². The molecular formula is C28H26ClF2N7O5. The van der Waals surface area contributed by atoms with Crippen molar-refractivity contribution >= 4 is 46.1 Å². The highest BCUT2D eigenvalue weighted by atomic mass is 35.5. The van der Waals surface area contributed by atoms with Crippen LogP contribution in [-0.4, -0.2) is 72.4 Å². The SMILES string of the molecule is CC(=O)c1cn(CC(=O)N2C[C@H](F)C[C@H]2C(=O)NCc2cccc(Cl)c2F)c2cc(OC(=O)CCc3nn[nH]n3)ccc12. The van der Waals surface area contributed by atoms with Crippen LogP contribution in [0.3, 0.4) is 0 Å². The zero-order valence-electron chi connectivity index (χ0n) is 22.8. The number of H-pyrrole nitrogens is 1. The molecular weight excluding hydrogens is 588 g/mol. The lowest BCUT2D eigenvalue weighted by Crippen LogP contribution is -2.46. The van der Waals surface area contributed by atoms with E-state index in [0.717, 1.165) is 4.90 Å². The predicted molar refractivity (Wildman–Crippen MR) is 148 cm³/mol. The van der Waals surface area contributed by atoms with Crippen LogP contribution in [0.5, 0.6) is 5.75 Å². The van der Waals surface area contributed by atoms with Gasteiger partial charge in [-0.2, -0.15) is 5.21 Å². The highest BCUT2D eigenvalue weighted by molar-refractivity contribution is 6.30. The number of nitrogens with one attached hydrogen (secondary N) is 2. The number of fused-ring (bicyclic) bond motifs is 1. The summed E-state index contributed by atoms with van der Waals surface area (Å²) in [5.74, 6) is -2.15. The molecule has 0 bridgehead atoms. The van der Waals surface area contributed by atoms with Gasteiger partial charge in [-0.25, -0.2) is 8.78 Å². The summed E-state index contributed by atoms with van der Waals surface area (Å²) in [6.07, 6.45) is 0.0423. The molecule has 0 saturated carbocycles. The summed E-state index contributed by atoms with van der Waals surface area (Å²) < 4.78 is 35.7. The van der Waals surface area contributed by atoms with Gasteiger partial charge in [-0.05, 0) is 25.1 Å². The van der Waals surface area contributed by atoms with Crippen LogP contribution in [0.4, 0.5) is 8.78 Å². The van der Waals surface area contributed by atoms with Crippen molar-refractivity contribution in [3.63, 3.8) is 0 Å². The van der Waals surface area contributed by atoms with Crippen molar-refractivity contribution in [2.75, 3.05) is 6.54 Å². The third-order valence-corrected chi connectivity index (χ3v) is 7.36. The molecule has 2 amide bonds. The second kappa shape index (κ2) is 12.7. The van der Waals surface area contributed by atoms with Crippen molar-refractivity contribution in [2.24, 2.45) is 0 Å². The average molecular weight is 614 g/mol. The monoisotopic (exact) mass is 613 g/mol. The number of Topliss-reactive ketones (excluding diaryl/α,β-unsaturated/α-hetero) is 1. The molecule has 2 N–H and O–H groups in total. The molecule has 1 saturated heterocycles. The number of aromatic nitrogens is 5. The van der Waals surface area contributed by atoms with Crippen LogP contribution in [-0.2, 0) is 33.9 Å². The zero-order chi connectivity index (χ0) is 30.7. The minimum atomic E-state index is -1.43. The number of ether oxygens (including phenoxy) is 1. The summed E-state index contributed by atoms with van der Waals surface area (Å²) in [5, 5.41) is 16.3. The largest absolute Gasteiger partial charge is 0.426 e. The van der Waals surface area contributed by atoms with Crippen molar-refractivity contribution in [3.05, 3.63) is 70.4 Å². The number of aryl methyl sites for hydroxylation is 1. The molecule has 0 radical (unpaired) electrons. The molecule has 1 fully saturated rings.